The number of amides is 1. The smallest absolute Gasteiger partial charge is 0.310 e. The van der Waals surface area contributed by atoms with Gasteiger partial charge in [0, 0.05) is 10.7 Å². The van der Waals surface area contributed by atoms with E-state index in [9.17, 15) is 9.59 Å². The van der Waals surface area contributed by atoms with Crippen LogP contribution >= 0.6 is 11.6 Å². The minimum atomic E-state index is -0.517. The summed E-state index contributed by atoms with van der Waals surface area (Å²) in [5.41, 5.74) is 1.27. The molecule has 0 aliphatic rings. The molecule has 0 atom stereocenters. The molecule has 2 rings (SSSR count). The molecule has 22 heavy (non-hydrogen) atoms. The minimum Gasteiger partial charge on any atom is -0.508 e. The van der Waals surface area contributed by atoms with E-state index in [1.807, 2.05) is 0 Å². The number of anilines is 1. The first-order chi connectivity index (χ1) is 10.5. The first kappa shape index (κ1) is 15.9. The van der Waals surface area contributed by atoms with Gasteiger partial charge in [-0.1, -0.05) is 23.7 Å². The Morgan fingerprint density at radius 2 is 1.68 bits per heavy atom. The van der Waals surface area contributed by atoms with Crippen molar-refractivity contribution in [1.29, 1.82) is 0 Å². The van der Waals surface area contributed by atoms with Crippen molar-refractivity contribution in [3.05, 3.63) is 59.1 Å². The second kappa shape index (κ2) is 7.47. The third-order valence-corrected chi connectivity index (χ3v) is 3.03. The molecule has 0 radical (unpaired) electrons. The van der Waals surface area contributed by atoms with Crippen LogP contribution in [-0.4, -0.2) is 23.6 Å². The number of benzene rings is 2. The van der Waals surface area contributed by atoms with Gasteiger partial charge in [0.05, 0.1) is 6.42 Å². The van der Waals surface area contributed by atoms with E-state index in [0.717, 1.165) is 0 Å². The van der Waals surface area contributed by atoms with Gasteiger partial charge >= 0.3 is 5.97 Å². The number of carbonyl (C=O) groups is 2. The van der Waals surface area contributed by atoms with Crippen molar-refractivity contribution in [2.24, 2.45) is 0 Å². The van der Waals surface area contributed by atoms with Crippen molar-refractivity contribution < 1.29 is 19.4 Å². The van der Waals surface area contributed by atoms with E-state index < -0.39 is 11.9 Å². The quantitative estimate of drug-likeness (QED) is 0.831. The molecule has 114 valence electrons. The zero-order chi connectivity index (χ0) is 15.9. The van der Waals surface area contributed by atoms with Crippen LogP contribution in [0, 0.1) is 0 Å². The van der Waals surface area contributed by atoms with Crippen molar-refractivity contribution in [2.45, 2.75) is 6.42 Å². The Hall–Kier alpha value is -2.53. The molecule has 0 bridgehead atoms. The fraction of sp³-hybridized carbons (Fsp3) is 0.125. The summed E-state index contributed by atoms with van der Waals surface area (Å²) in [6.45, 7) is -0.362. The van der Waals surface area contributed by atoms with E-state index in [1.165, 1.54) is 12.1 Å². The van der Waals surface area contributed by atoms with E-state index in [-0.39, 0.29) is 18.8 Å². The first-order valence-electron chi connectivity index (χ1n) is 6.52. The number of esters is 1. The highest BCUT2D eigenvalue weighted by Gasteiger charge is 2.09. The Kier molecular flexibility index (Phi) is 5.38. The predicted molar refractivity (Wildman–Crippen MR) is 82.9 cm³/mol. The maximum atomic E-state index is 11.6. The summed E-state index contributed by atoms with van der Waals surface area (Å²) in [6, 6.07) is 12.8. The zero-order valence-corrected chi connectivity index (χ0v) is 12.3. The fourth-order valence-electron chi connectivity index (χ4n) is 1.71. The molecule has 2 aromatic rings. The van der Waals surface area contributed by atoms with Gasteiger partial charge in [0.25, 0.3) is 5.91 Å². The monoisotopic (exact) mass is 319 g/mol. The second-order valence-corrected chi connectivity index (χ2v) is 5.00. The van der Waals surface area contributed by atoms with Gasteiger partial charge in [0.15, 0.2) is 6.61 Å². The number of carbonyl (C=O) groups excluding carboxylic acids is 2. The Bertz CT molecular complexity index is 593. The third-order valence-electron chi connectivity index (χ3n) is 2.78. The number of aromatic hydroxyl groups is 1. The lowest BCUT2D eigenvalue weighted by Gasteiger charge is -2.07. The van der Waals surface area contributed by atoms with Crippen LogP contribution in [0.2, 0.25) is 5.02 Å². The van der Waals surface area contributed by atoms with E-state index >= 15 is 0 Å². The van der Waals surface area contributed by atoms with Crippen LogP contribution < -0.4 is 5.32 Å². The van der Waals surface area contributed by atoms with Crippen LogP contribution in [0.1, 0.15) is 5.56 Å². The molecular formula is C16H14ClNO4. The molecule has 0 fully saturated rings. The summed E-state index contributed by atoms with van der Waals surface area (Å²) in [5, 5.41) is 12.3. The van der Waals surface area contributed by atoms with E-state index in [2.05, 4.69) is 5.32 Å². The molecule has 2 aromatic carbocycles. The highest BCUT2D eigenvalue weighted by Crippen LogP contribution is 2.13. The Balaban J connectivity index is 1.76. The summed E-state index contributed by atoms with van der Waals surface area (Å²) < 4.78 is 4.89. The molecule has 1 amide bonds. The largest absolute Gasteiger partial charge is 0.508 e. The molecule has 0 spiro atoms. The van der Waals surface area contributed by atoms with Crippen molar-refractivity contribution in [2.75, 3.05) is 11.9 Å². The lowest BCUT2D eigenvalue weighted by atomic mass is 10.1. The molecule has 0 saturated heterocycles. The number of phenols is 1. The number of phenolic OH excluding ortho intramolecular Hbond substituents is 1. The van der Waals surface area contributed by atoms with Crippen LogP contribution in [0.25, 0.3) is 0 Å². The van der Waals surface area contributed by atoms with Gasteiger partial charge in [-0.15, -0.1) is 0 Å². The molecule has 2 N–H and O–H groups in total. The van der Waals surface area contributed by atoms with Gasteiger partial charge in [-0.05, 0) is 42.0 Å². The van der Waals surface area contributed by atoms with Crippen molar-refractivity contribution in [3.8, 4) is 5.75 Å². The van der Waals surface area contributed by atoms with Crippen molar-refractivity contribution >= 4 is 29.2 Å². The Morgan fingerprint density at radius 1 is 1.05 bits per heavy atom. The summed E-state index contributed by atoms with van der Waals surface area (Å²) in [5.74, 6) is -0.821. The van der Waals surface area contributed by atoms with E-state index in [4.69, 9.17) is 21.4 Å². The number of nitrogens with one attached hydrogen (secondary N) is 1. The Labute approximate surface area is 132 Å². The molecule has 0 aliphatic heterocycles. The minimum absolute atomic E-state index is 0.0362. The van der Waals surface area contributed by atoms with Crippen molar-refractivity contribution in [1.82, 2.24) is 0 Å². The number of hydrogen-bond acceptors (Lipinski definition) is 4. The standard InChI is InChI=1S/C16H14ClNO4/c17-12-3-5-13(6-4-12)18-15(20)10-22-16(21)9-11-1-7-14(19)8-2-11/h1-8,19H,9-10H2,(H,18,20). The molecule has 0 aliphatic carbocycles. The lowest BCUT2D eigenvalue weighted by molar-refractivity contribution is -0.146. The highest BCUT2D eigenvalue weighted by molar-refractivity contribution is 6.30. The maximum absolute atomic E-state index is 11.6. The number of rotatable bonds is 5. The molecule has 0 unspecified atom stereocenters. The molecular weight excluding hydrogens is 306 g/mol. The SMILES string of the molecule is O=C(COC(=O)Cc1ccc(O)cc1)Nc1ccc(Cl)cc1. The first-order valence-corrected chi connectivity index (χ1v) is 6.89. The number of ether oxygens (including phenoxy) is 1. The number of hydrogen-bond donors (Lipinski definition) is 2. The highest BCUT2D eigenvalue weighted by atomic mass is 35.5. The topological polar surface area (TPSA) is 75.6 Å². The van der Waals surface area contributed by atoms with Gasteiger partial charge < -0.3 is 15.2 Å². The average molecular weight is 320 g/mol. The summed E-state index contributed by atoms with van der Waals surface area (Å²) in [6.07, 6.45) is 0.0362. The molecule has 0 saturated carbocycles. The maximum Gasteiger partial charge on any atom is 0.310 e. The van der Waals surface area contributed by atoms with Crippen molar-refractivity contribution in [3.63, 3.8) is 0 Å². The Morgan fingerprint density at radius 3 is 2.32 bits per heavy atom. The molecule has 0 aromatic heterocycles. The van der Waals surface area contributed by atoms with E-state index in [0.29, 0.717) is 16.3 Å². The number of halogens is 1. The molecule has 6 heteroatoms. The zero-order valence-electron chi connectivity index (χ0n) is 11.6. The van der Waals surface area contributed by atoms with Gasteiger partial charge in [-0.2, -0.15) is 0 Å². The summed E-state index contributed by atoms with van der Waals surface area (Å²) in [7, 11) is 0. The molecule has 5 nitrogen and oxygen atoms in total. The summed E-state index contributed by atoms with van der Waals surface area (Å²) in [4.78, 5) is 23.3. The van der Waals surface area contributed by atoms with Crippen LogP contribution in [0.5, 0.6) is 5.75 Å². The van der Waals surface area contributed by atoms with E-state index in [1.54, 1.807) is 36.4 Å². The van der Waals surface area contributed by atoms with Crippen LogP contribution in [0.15, 0.2) is 48.5 Å². The fourth-order valence-corrected chi connectivity index (χ4v) is 1.83. The van der Waals surface area contributed by atoms with Gasteiger partial charge in [-0.25, -0.2) is 0 Å². The molecule has 0 heterocycles. The normalized spacial score (nSPS) is 10.0. The third kappa shape index (κ3) is 5.10. The van der Waals surface area contributed by atoms with Crippen LogP contribution in [0.3, 0.4) is 0 Å². The lowest BCUT2D eigenvalue weighted by Crippen LogP contribution is -2.21. The predicted octanol–water partition coefficient (Wildman–Crippen LogP) is 2.77. The van der Waals surface area contributed by atoms with Crippen LogP contribution in [-0.2, 0) is 20.7 Å². The van der Waals surface area contributed by atoms with Gasteiger partial charge in [0.1, 0.15) is 5.75 Å². The van der Waals surface area contributed by atoms with Crippen LogP contribution in [0.4, 0.5) is 5.69 Å². The van der Waals surface area contributed by atoms with Gasteiger partial charge in [0.2, 0.25) is 0 Å². The van der Waals surface area contributed by atoms with Gasteiger partial charge in [-0.3, -0.25) is 9.59 Å². The summed E-state index contributed by atoms with van der Waals surface area (Å²) >= 11 is 5.74. The second-order valence-electron chi connectivity index (χ2n) is 4.56. The average Bonchev–Trinajstić information content (AvgIpc) is 2.50.